The van der Waals surface area contributed by atoms with Crippen LogP contribution in [0, 0.1) is 5.41 Å². The molecule has 2 nitrogen and oxygen atoms in total. The molecular formula is C15H21NO. The number of hydrogen-bond donors (Lipinski definition) is 0. The van der Waals surface area contributed by atoms with Gasteiger partial charge in [-0.3, -0.25) is 4.90 Å². The van der Waals surface area contributed by atoms with Crippen molar-refractivity contribution in [3.8, 4) is 5.75 Å². The van der Waals surface area contributed by atoms with Crippen LogP contribution in [0.1, 0.15) is 36.9 Å². The molecule has 0 aromatic heterocycles. The first kappa shape index (κ1) is 11.1. The lowest BCUT2D eigenvalue weighted by atomic mass is 9.75. The Kier molecular flexibility index (Phi) is 2.44. The molecule has 0 saturated carbocycles. The van der Waals surface area contributed by atoms with Crippen LogP contribution < -0.4 is 4.74 Å². The van der Waals surface area contributed by atoms with Gasteiger partial charge in [0, 0.05) is 6.04 Å². The number of rotatable bonds is 1. The van der Waals surface area contributed by atoms with E-state index in [0.717, 1.165) is 5.75 Å². The summed E-state index contributed by atoms with van der Waals surface area (Å²) in [6.07, 6.45) is 3.90. The summed E-state index contributed by atoms with van der Waals surface area (Å²) in [5.41, 5.74) is 3.45. The Labute approximate surface area is 104 Å². The van der Waals surface area contributed by atoms with Crippen LogP contribution in [-0.4, -0.2) is 25.6 Å². The van der Waals surface area contributed by atoms with Crippen LogP contribution in [0.3, 0.4) is 0 Å². The average molecular weight is 231 g/mol. The number of fused-ring (bicyclic) bond motifs is 3. The molecule has 2 aliphatic rings. The monoisotopic (exact) mass is 231 g/mol. The molecule has 3 rings (SSSR count). The molecule has 0 bridgehead atoms. The van der Waals surface area contributed by atoms with Gasteiger partial charge in [0.15, 0.2) is 0 Å². The fraction of sp³-hybridized carbons (Fsp3) is 0.600. The summed E-state index contributed by atoms with van der Waals surface area (Å²) in [4.78, 5) is 2.52. The van der Waals surface area contributed by atoms with E-state index < -0.39 is 0 Å². The van der Waals surface area contributed by atoms with Crippen molar-refractivity contribution in [1.29, 1.82) is 0 Å². The Bertz CT molecular complexity index is 443. The quantitative estimate of drug-likeness (QED) is 0.736. The van der Waals surface area contributed by atoms with Gasteiger partial charge in [0.2, 0.25) is 0 Å². The molecule has 92 valence electrons. The van der Waals surface area contributed by atoms with Crippen molar-refractivity contribution in [2.24, 2.45) is 5.41 Å². The maximum Gasteiger partial charge on any atom is 0.119 e. The van der Waals surface area contributed by atoms with Gasteiger partial charge in [0.05, 0.1) is 7.11 Å². The van der Waals surface area contributed by atoms with Gasteiger partial charge in [-0.1, -0.05) is 13.0 Å². The van der Waals surface area contributed by atoms with Crippen molar-refractivity contribution in [1.82, 2.24) is 4.90 Å². The van der Waals surface area contributed by atoms with Crippen LogP contribution in [0.2, 0.25) is 0 Å². The van der Waals surface area contributed by atoms with E-state index in [1.165, 1.54) is 36.9 Å². The van der Waals surface area contributed by atoms with Crippen LogP contribution >= 0.6 is 0 Å². The second-order valence-electron chi connectivity index (χ2n) is 5.88. The highest BCUT2D eigenvalue weighted by Gasteiger charge is 2.46. The highest BCUT2D eigenvalue weighted by molar-refractivity contribution is 5.43. The van der Waals surface area contributed by atoms with Gasteiger partial charge in [-0.15, -0.1) is 0 Å². The summed E-state index contributed by atoms with van der Waals surface area (Å²) in [6.45, 7) is 3.66. The molecular weight excluding hydrogens is 210 g/mol. The molecule has 1 heterocycles. The number of nitrogens with zero attached hydrogens (tertiary/aromatic N) is 1. The number of methoxy groups -OCH3 is 1. The molecule has 0 N–H and O–H groups in total. The zero-order valence-electron chi connectivity index (χ0n) is 11.0. The summed E-state index contributed by atoms with van der Waals surface area (Å²) >= 11 is 0. The van der Waals surface area contributed by atoms with E-state index in [1.54, 1.807) is 7.11 Å². The van der Waals surface area contributed by atoms with E-state index in [4.69, 9.17) is 4.74 Å². The van der Waals surface area contributed by atoms with Gasteiger partial charge in [0.25, 0.3) is 0 Å². The van der Waals surface area contributed by atoms with Gasteiger partial charge in [0.1, 0.15) is 5.75 Å². The maximum atomic E-state index is 5.37. The lowest BCUT2D eigenvalue weighted by molar-refractivity contribution is 0.0589. The average Bonchev–Trinajstić information content (AvgIpc) is 2.61. The molecule has 2 heteroatoms. The van der Waals surface area contributed by atoms with Gasteiger partial charge in [-0.2, -0.15) is 0 Å². The molecule has 0 radical (unpaired) electrons. The van der Waals surface area contributed by atoms with Crippen molar-refractivity contribution < 1.29 is 4.74 Å². The Balaban J connectivity index is 2.07. The maximum absolute atomic E-state index is 5.37. The fourth-order valence-corrected chi connectivity index (χ4v) is 3.88. The molecule has 0 spiro atoms. The van der Waals surface area contributed by atoms with Crippen molar-refractivity contribution in [2.45, 2.75) is 32.2 Å². The molecule has 0 amide bonds. The predicted molar refractivity (Wildman–Crippen MR) is 69.4 cm³/mol. The molecule has 2 atom stereocenters. The lowest BCUT2D eigenvalue weighted by Gasteiger charge is -2.43. The second kappa shape index (κ2) is 3.74. The zero-order valence-corrected chi connectivity index (χ0v) is 11.0. The normalized spacial score (nSPS) is 32.1. The molecule has 1 aromatic carbocycles. The molecule has 1 aliphatic carbocycles. The van der Waals surface area contributed by atoms with Crippen LogP contribution in [0.25, 0.3) is 0 Å². The largest absolute Gasteiger partial charge is 0.497 e. The van der Waals surface area contributed by atoms with E-state index in [1.807, 2.05) is 0 Å². The summed E-state index contributed by atoms with van der Waals surface area (Å²) in [5.74, 6) is 0.993. The van der Waals surface area contributed by atoms with Crippen molar-refractivity contribution >= 4 is 0 Å². The van der Waals surface area contributed by atoms with E-state index in [-0.39, 0.29) is 0 Å². The van der Waals surface area contributed by atoms with Gasteiger partial charge < -0.3 is 4.74 Å². The van der Waals surface area contributed by atoms with E-state index in [0.29, 0.717) is 11.5 Å². The second-order valence-corrected chi connectivity index (χ2v) is 5.88. The third-order valence-corrected chi connectivity index (χ3v) is 4.60. The number of ether oxygens (including phenoxy) is 1. The third kappa shape index (κ3) is 1.58. The molecule has 1 aromatic rings. The summed E-state index contributed by atoms with van der Waals surface area (Å²) in [5, 5.41) is 0. The number of likely N-dealkylation sites (tertiary alicyclic amines) is 1. The highest BCUT2D eigenvalue weighted by atomic mass is 16.5. The minimum Gasteiger partial charge on any atom is -0.497 e. The van der Waals surface area contributed by atoms with Crippen LogP contribution in [0.5, 0.6) is 5.75 Å². The Hall–Kier alpha value is -1.02. The van der Waals surface area contributed by atoms with Crippen LogP contribution in [0.15, 0.2) is 18.2 Å². The first-order valence-corrected chi connectivity index (χ1v) is 6.51. The van der Waals surface area contributed by atoms with Crippen molar-refractivity contribution in [3.63, 3.8) is 0 Å². The van der Waals surface area contributed by atoms with Gasteiger partial charge in [-0.05, 0) is 61.5 Å². The fourth-order valence-electron chi connectivity index (χ4n) is 3.88. The number of benzene rings is 1. The minimum absolute atomic E-state index is 0.432. The van der Waals surface area contributed by atoms with E-state index in [9.17, 15) is 0 Å². The Morgan fingerprint density at radius 1 is 1.41 bits per heavy atom. The molecule has 0 unspecified atom stereocenters. The topological polar surface area (TPSA) is 12.5 Å². The lowest BCUT2D eigenvalue weighted by Crippen LogP contribution is -2.40. The standard InChI is InChI=1S/C15H21NO/c1-15-7-4-8-16(2)14(15)13-9-12(17-3)6-5-11(13)10-15/h5-6,9,14H,4,7-8,10H2,1-3H3/t14-,15+/m0/s1. The third-order valence-electron chi connectivity index (χ3n) is 4.60. The van der Waals surface area contributed by atoms with E-state index in [2.05, 4.69) is 37.1 Å². The SMILES string of the molecule is COc1ccc2c(c1)[C@@H]1N(C)CCC[C@]1(C)C2. The number of piperidine rings is 1. The zero-order chi connectivity index (χ0) is 12.0. The Morgan fingerprint density at radius 3 is 3.00 bits per heavy atom. The summed E-state index contributed by atoms with van der Waals surface area (Å²) in [7, 11) is 4.01. The van der Waals surface area contributed by atoms with Crippen LogP contribution in [0.4, 0.5) is 0 Å². The Morgan fingerprint density at radius 2 is 2.24 bits per heavy atom. The van der Waals surface area contributed by atoms with Crippen molar-refractivity contribution in [3.05, 3.63) is 29.3 Å². The predicted octanol–water partition coefficient (Wildman–Crippen LogP) is 3.02. The van der Waals surface area contributed by atoms with Crippen molar-refractivity contribution in [2.75, 3.05) is 20.7 Å². The first-order valence-electron chi connectivity index (χ1n) is 6.51. The summed E-state index contributed by atoms with van der Waals surface area (Å²) in [6, 6.07) is 7.18. The minimum atomic E-state index is 0.432. The molecule has 1 saturated heterocycles. The number of hydrogen-bond acceptors (Lipinski definition) is 2. The smallest absolute Gasteiger partial charge is 0.119 e. The molecule has 1 aliphatic heterocycles. The first-order chi connectivity index (χ1) is 8.14. The summed E-state index contributed by atoms with van der Waals surface area (Å²) < 4.78 is 5.37. The van der Waals surface area contributed by atoms with E-state index >= 15 is 0 Å². The molecule has 1 fully saturated rings. The van der Waals surface area contributed by atoms with Gasteiger partial charge in [-0.25, -0.2) is 0 Å². The van der Waals surface area contributed by atoms with Crippen LogP contribution in [-0.2, 0) is 6.42 Å². The highest BCUT2D eigenvalue weighted by Crippen LogP contribution is 2.53. The van der Waals surface area contributed by atoms with Gasteiger partial charge >= 0.3 is 0 Å². The molecule has 17 heavy (non-hydrogen) atoms.